The average molecular weight is 326 g/mol. The van der Waals surface area contributed by atoms with E-state index in [1.54, 1.807) is 0 Å². The molecule has 0 spiro atoms. The van der Waals surface area contributed by atoms with Crippen LogP contribution in [0.15, 0.2) is 34.5 Å². The standard InChI is InChI=1S/C18H22N4O2/c1-11(19-21-17(23)15-7-8-15)13-3-5-14(6-4-13)12(2)20-22-18(24)16-9-10-16/h3-6,15-16H,7-10H2,1-2H3,(H,21,23)(H,22,24). The van der Waals surface area contributed by atoms with Crippen molar-refractivity contribution in [1.29, 1.82) is 0 Å². The van der Waals surface area contributed by atoms with Crippen molar-refractivity contribution in [2.45, 2.75) is 39.5 Å². The zero-order valence-corrected chi connectivity index (χ0v) is 14.0. The molecule has 0 bridgehead atoms. The molecule has 0 aliphatic heterocycles. The molecule has 0 radical (unpaired) electrons. The second kappa shape index (κ2) is 6.95. The normalized spacial score (nSPS) is 18.2. The van der Waals surface area contributed by atoms with Gasteiger partial charge in [0.25, 0.3) is 0 Å². The summed E-state index contributed by atoms with van der Waals surface area (Å²) in [6, 6.07) is 7.72. The molecule has 1 aromatic rings. The van der Waals surface area contributed by atoms with Crippen molar-refractivity contribution < 1.29 is 9.59 Å². The molecule has 126 valence electrons. The number of amides is 2. The Hall–Kier alpha value is -2.50. The predicted molar refractivity (Wildman–Crippen MR) is 92.6 cm³/mol. The summed E-state index contributed by atoms with van der Waals surface area (Å²) in [5.74, 6) is 0.294. The first kappa shape index (κ1) is 16.4. The Bertz CT molecular complexity index is 637. The fourth-order valence-corrected chi connectivity index (χ4v) is 2.23. The summed E-state index contributed by atoms with van der Waals surface area (Å²) in [5, 5.41) is 8.29. The lowest BCUT2D eigenvalue weighted by molar-refractivity contribution is -0.123. The summed E-state index contributed by atoms with van der Waals surface area (Å²) in [7, 11) is 0. The second-order valence-electron chi connectivity index (χ2n) is 6.47. The minimum atomic E-state index is 0.000326. The van der Waals surface area contributed by atoms with Gasteiger partial charge in [0, 0.05) is 11.8 Å². The molecule has 0 heterocycles. The maximum absolute atomic E-state index is 11.6. The van der Waals surface area contributed by atoms with E-state index >= 15 is 0 Å². The van der Waals surface area contributed by atoms with Crippen LogP contribution in [0.25, 0.3) is 0 Å². The average Bonchev–Trinajstić information content (AvgIpc) is 3.48. The molecule has 2 fully saturated rings. The maximum Gasteiger partial charge on any atom is 0.243 e. The van der Waals surface area contributed by atoms with Crippen LogP contribution in [0.2, 0.25) is 0 Å². The number of carbonyl (C=O) groups is 2. The van der Waals surface area contributed by atoms with Gasteiger partial charge in [-0.15, -0.1) is 0 Å². The minimum Gasteiger partial charge on any atom is -0.273 e. The smallest absolute Gasteiger partial charge is 0.243 e. The molecule has 0 atom stereocenters. The van der Waals surface area contributed by atoms with Crippen LogP contribution in [0.5, 0.6) is 0 Å². The number of carbonyl (C=O) groups excluding carboxylic acids is 2. The molecule has 0 saturated heterocycles. The third kappa shape index (κ3) is 4.28. The van der Waals surface area contributed by atoms with E-state index in [-0.39, 0.29) is 23.7 Å². The zero-order valence-electron chi connectivity index (χ0n) is 14.0. The third-order valence-electron chi connectivity index (χ3n) is 4.28. The molecule has 2 aliphatic carbocycles. The molecular weight excluding hydrogens is 304 g/mol. The molecule has 24 heavy (non-hydrogen) atoms. The number of hydrogen-bond acceptors (Lipinski definition) is 4. The summed E-state index contributed by atoms with van der Waals surface area (Å²) in [6.45, 7) is 3.72. The zero-order chi connectivity index (χ0) is 17.1. The van der Waals surface area contributed by atoms with Gasteiger partial charge >= 0.3 is 0 Å². The van der Waals surface area contributed by atoms with Gasteiger partial charge in [0.1, 0.15) is 0 Å². The Morgan fingerprint density at radius 1 is 0.792 bits per heavy atom. The van der Waals surface area contributed by atoms with Crippen molar-refractivity contribution in [3.05, 3.63) is 35.4 Å². The van der Waals surface area contributed by atoms with Gasteiger partial charge in [-0.2, -0.15) is 10.2 Å². The Morgan fingerprint density at radius 2 is 1.12 bits per heavy atom. The van der Waals surface area contributed by atoms with Crippen LogP contribution in [-0.2, 0) is 9.59 Å². The summed E-state index contributed by atoms with van der Waals surface area (Å²) in [4.78, 5) is 23.2. The predicted octanol–water partition coefficient (Wildman–Crippen LogP) is 2.19. The quantitative estimate of drug-likeness (QED) is 0.620. The molecule has 2 N–H and O–H groups in total. The number of rotatable bonds is 6. The third-order valence-corrected chi connectivity index (χ3v) is 4.28. The Balaban J connectivity index is 1.59. The molecule has 2 aliphatic rings. The SMILES string of the molecule is CC(=NNC(=O)C1CC1)c1ccc(C(C)=NNC(=O)C2CC2)cc1. The van der Waals surface area contributed by atoms with Crippen molar-refractivity contribution in [2.24, 2.45) is 22.0 Å². The highest BCUT2D eigenvalue weighted by Gasteiger charge is 2.30. The first-order valence-electron chi connectivity index (χ1n) is 8.33. The maximum atomic E-state index is 11.6. The molecule has 1 aromatic carbocycles. The Morgan fingerprint density at radius 3 is 1.42 bits per heavy atom. The number of nitrogens with zero attached hydrogens (tertiary/aromatic N) is 2. The molecule has 3 rings (SSSR count). The van der Waals surface area contributed by atoms with Gasteiger partial charge in [-0.3, -0.25) is 9.59 Å². The monoisotopic (exact) mass is 326 g/mol. The van der Waals surface area contributed by atoms with Crippen molar-refractivity contribution >= 4 is 23.2 Å². The van der Waals surface area contributed by atoms with E-state index in [9.17, 15) is 9.59 Å². The van der Waals surface area contributed by atoms with E-state index in [2.05, 4.69) is 21.1 Å². The van der Waals surface area contributed by atoms with Gasteiger partial charge in [-0.25, -0.2) is 10.9 Å². The molecule has 0 unspecified atom stereocenters. The van der Waals surface area contributed by atoms with Crippen LogP contribution >= 0.6 is 0 Å². The molecule has 2 amide bonds. The fraction of sp³-hybridized carbons (Fsp3) is 0.444. The van der Waals surface area contributed by atoms with Gasteiger partial charge in [0.15, 0.2) is 0 Å². The molecule has 0 aromatic heterocycles. The first-order chi connectivity index (χ1) is 11.5. The number of nitrogens with one attached hydrogen (secondary N) is 2. The summed E-state index contributed by atoms with van der Waals surface area (Å²) in [5.41, 5.74) is 8.60. The molecule has 2 saturated carbocycles. The van der Waals surface area contributed by atoms with Crippen LogP contribution in [0, 0.1) is 11.8 Å². The van der Waals surface area contributed by atoms with E-state index < -0.39 is 0 Å². The Labute approximate surface area is 141 Å². The fourth-order valence-electron chi connectivity index (χ4n) is 2.23. The molecule has 6 nitrogen and oxygen atoms in total. The second-order valence-corrected chi connectivity index (χ2v) is 6.47. The number of hydrazone groups is 2. The van der Waals surface area contributed by atoms with E-state index in [1.165, 1.54) is 0 Å². The minimum absolute atomic E-state index is 0.000326. The van der Waals surface area contributed by atoms with Gasteiger partial charge in [-0.1, -0.05) is 24.3 Å². The molecular formula is C18H22N4O2. The van der Waals surface area contributed by atoms with Gasteiger partial charge in [0.05, 0.1) is 11.4 Å². The summed E-state index contributed by atoms with van der Waals surface area (Å²) >= 11 is 0. The first-order valence-corrected chi connectivity index (χ1v) is 8.33. The van der Waals surface area contributed by atoms with Crippen LogP contribution in [0.3, 0.4) is 0 Å². The summed E-state index contributed by atoms with van der Waals surface area (Å²) in [6.07, 6.45) is 3.85. The topological polar surface area (TPSA) is 82.9 Å². The van der Waals surface area contributed by atoms with Crippen molar-refractivity contribution in [2.75, 3.05) is 0 Å². The van der Waals surface area contributed by atoms with E-state index in [0.29, 0.717) is 0 Å². The summed E-state index contributed by atoms with van der Waals surface area (Å²) < 4.78 is 0. The van der Waals surface area contributed by atoms with Crippen molar-refractivity contribution in [1.82, 2.24) is 10.9 Å². The van der Waals surface area contributed by atoms with Crippen LogP contribution in [0.4, 0.5) is 0 Å². The lowest BCUT2D eigenvalue weighted by atomic mass is 10.1. The highest BCUT2D eigenvalue weighted by Crippen LogP contribution is 2.29. The number of benzene rings is 1. The van der Waals surface area contributed by atoms with E-state index in [4.69, 9.17) is 0 Å². The van der Waals surface area contributed by atoms with Gasteiger partial charge < -0.3 is 0 Å². The van der Waals surface area contributed by atoms with Crippen LogP contribution in [0.1, 0.15) is 50.7 Å². The van der Waals surface area contributed by atoms with Crippen LogP contribution < -0.4 is 10.9 Å². The lowest BCUT2D eigenvalue weighted by Gasteiger charge is -2.05. The van der Waals surface area contributed by atoms with Gasteiger partial charge in [-0.05, 0) is 50.7 Å². The van der Waals surface area contributed by atoms with Crippen molar-refractivity contribution in [3.63, 3.8) is 0 Å². The van der Waals surface area contributed by atoms with Gasteiger partial charge in [0.2, 0.25) is 11.8 Å². The Kier molecular flexibility index (Phi) is 4.74. The largest absolute Gasteiger partial charge is 0.273 e. The van der Waals surface area contributed by atoms with Crippen LogP contribution in [-0.4, -0.2) is 23.2 Å². The van der Waals surface area contributed by atoms with Crippen molar-refractivity contribution in [3.8, 4) is 0 Å². The highest BCUT2D eigenvalue weighted by atomic mass is 16.2. The lowest BCUT2D eigenvalue weighted by Crippen LogP contribution is -2.21. The molecule has 6 heteroatoms. The number of hydrogen-bond donors (Lipinski definition) is 2. The highest BCUT2D eigenvalue weighted by molar-refractivity contribution is 6.02. The van der Waals surface area contributed by atoms with E-state index in [1.807, 2.05) is 38.1 Å². The van der Waals surface area contributed by atoms with E-state index in [0.717, 1.165) is 48.2 Å².